The molecule has 3 N–H and O–H groups in total. The fourth-order valence-corrected chi connectivity index (χ4v) is 3.51. The second-order valence-corrected chi connectivity index (χ2v) is 7.58. The minimum Gasteiger partial charge on any atom is -0.357 e. The smallest absolute Gasteiger partial charge is 0.224 e. The van der Waals surface area contributed by atoms with E-state index >= 15 is 0 Å². The van der Waals surface area contributed by atoms with Crippen molar-refractivity contribution in [3.63, 3.8) is 0 Å². The molecule has 0 bridgehead atoms. The number of aliphatic imine (C=N–C) groups is 1. The lowest BCUT2D eigenvalue weighted by atomic mass is 10.2. The summed E-state index contributed by atoms with van der Waals surface area (Å²) in [7, 11) is 0. The highest BCUT2D eigenvalue weighted by Gasteiger charge is 2.25. The standard InChI is InChI=1S/C23H31FN6O/c1-3-6-21(31)28-18-10-8-17(9-11-18)15-27-23(25-4-2)29-19-12-14-30(16-19)22-20(24)7-5-13-26-22/h5,7-11,13,19H,3-4,6,12,14-16H2,1-2H3,(H,28,31)(H2,25,27,29). The summed E-state index contributed by atoms with van der Waals surface area (Å²) in [6.45, 7) is 6.69. The van der Waals surface area contributed by atoms with E-state index in [-0.39, 0.29) is 17.8 Å². The lowest BCUT2D eigenvalue weighted by Crippen LogP contribution is -2.44. The van der Waals surface area contributed by atoms with Gasteiger partial charge in [0.1, 0.15) is 0 Å². The van der Waals surface area contributed by atoms with E-state index in [0.29, 0.717) is 25.3 Å². The van der Waals surface area contributed by atoms with E-state index in [4.69, 9.17) is 0 Å². The molecular weight excluding hydrogens is 395 g/mol. The monoisotopic (exact) mass is 426 g/mol. The molecule has 0 saturated carbocycles. The number of carbonyl (C=O) groups is 1. The molecule has 1 fully saturated rings. The average molecular weight is 427 g/mol. The lowest BCUT2D eigenvalue weighted by Gasteiger charge is -2.20. The Bertz CT molecular complexity index is 886. The maximum Gasteiger partial charge on any atom is 0.224 e. The van der Waals surface area contributed by atoms with Gasteiger partial charge in [0.25, 0.3) is 0 Å². The predicted octanol–water partition coefficient (Wildman–Crippen LogP) is 3.29. The zero-order chi connectivity index (χ0) is 22.1. The minimum absolute atomic E-state index is 0.0306. The zero-order valence-corrected chi connectivity index (χ0v) is 18.2. The van der Waals surface area contributed by atoms with Crippen LogP contribution in [0.1, 0.15) is 38.7 Å². The van der Waals surface area contributed by atoms with Crippen LogP contribution in [0.3, 0.4) is 0 Å². The summed E-state index contributed by atoms with van der Waals surface area (Å²) in [6, 6.07) is 10.9. The van der Waals surface area contributed by atoms with E-state index in [2.05, 4.69) is 25.9 Å². The number of rotatable bonds is 8. The van der Waals surface area contributed by atoms with Crippen LogP contribution in [0.15, 0.2) is 47.6 Å². The molecule has 1 aromatic carbocycles. The third kappa shape index (κ3) is 6.67. The van der Waals surface area contributed by atoms with E-state index in [1.807, 2.05) is 43.0 Å². The summed E-state index contributed by atoms with van der Waals surface area (Å²) < 4.78 is 14.0. The van der Waals surface area contributed by atoms with Crippen molar-refractivity contribution in [1.82, 2.24) is 15.6 Å². The first kappa shape index (κ1) is 22.5. The van der Waals surface area contributed by atoms with Crippen molar-refractivity contribution >= 4 is 23.4 Å². The summed E-state index contributed by atoms with van der Waals surface area (Å²) in [5.41, 5.74) is 1.85. The molecule has 3 rings (SSSR count). The first-order valence-electron chi connectivity index (χ1n) is 10.9. The first-order valence-corrected chi connectivity index (χ1v) is 10.9. The summed E-state index contributed by atoms with van der Waals surface area (Å²) in [4.78, 5) is 22.5. The Kier molecular flexibility index (Phi) is 8.20. The number of anilines is 2. The molecule has 0 radical (unpaired) electrons. The third-order valence-corrected chi connectivity index (χ3v) is 5.05. The molecule has 1 saturated heterocycles. The van der Waals surface area contributed by atoms with Gasteiger partial charge in [0.15, 0.2) is 17.6 Å². The van der Waals surface area contributed by atoms with Crippen LogP contribution in [0, 0.1) is 5.82 Å². The highest BCUT2D eigenvalue weighted by atomic mass is 19.1. The number of hydrogen-bond acceptors (Lipinski definition) is 4. The molecule has 0 aliphatic carbocycles. The number of nitrogens with zero attached hydrogens (tertiary/aromatic N) is 3. The molecule has 1 aromatic heterocycles. The van der Waals surface area contributed by atoms with Gasteiger partial charge in [-0.2, -0.15) is 0 Å². The molecule has 0 spiro atoms. The summed E-state index contributed by atoms with van der Waals surface area (Å²) >= 11 is 0. The van der Waals surface area contributed by atoms with Crippen molar-refractivity contribution in [2.75, 3.05) is 29.9 Å². The number of nitrogens with one attached hydrogen (secondary N) is 3. The predicted molar refractivity (Wildman–Crippen MR) is 123 cm³/mol. The van der Waals surface area contributed by atoms with Crippen LogP contribution in [-0.2, 0) is 11.3 Å². The van der Waals surface area contributed by atoms with Crippen molar-refractivity contribution < 1.29 is 9.18 Å². The highest BCUT2D eigenvalue weighted by Crippen LogP contribution is 2.20. The van der Waals surface area contributed by atoms with E-state index in [1.165, 1.54) is 6.07 Å². The van der Waals surface area contributed by atoms with Crippen molar-refractivity contribution in [3.05, 3.63) is 54.0 Å². The Morgan fingerprint density at radius 2 is 2.06 bits per heavy atom. The Hall–Kier alpha value is -3.16. The third-order valence-electron chi connectivity index (χ3n) is 5.05. The van der Waals surface area contributed by atoms with E-state index in [1.54, 1.807) is 12.3 Å². The number of benzene rings is 1. The maximum absolute atomic E-state index is 14.0. The fraction of sp³-hybridized carbons (Fsp3) is 0.435. The first-order chi connectivity index (χ1) is 15.1. The van der Waals surface area contributed by atoms with Crippen molar-refractivity contribution in [3.8, 4) is 0 Å². The molecular formula is C23H31FN6O. The molecule has 31 heavy (non-hydrogen) atoms. The van der Waals surface area contributed by atoms with Crippen LogP contribution in [0.25, 0.3) is 0 Å². The second kappa shape index (κ2) is 11.3. The van der Waals surface area contributed by atoms with Crippen LogP contribution in [0.4, 0.5) is 15.9 Å². The number of aromatic nitrogens is 1. The SMILES string of the molecule is CCCC(=O)Nc1ccc(CN=C(NCC)NC2CCN(c3ncccc3F)C2)cc1. The molecule has 7 nitrogen and oxygen atoms in total. The fourth-order valence-electron chi connectivity index (χ4n) is 3.51. The largest absolute Gasteiger partial charge is 0.357 e. The van der Waals surface area contributed by atoms with E-state index in [0.717, 1.165) is 43.1 Å². The van der Waals surface area contributed by atoms with Gasteiger partial charge in [-0.3, -0.25) is 4.79 Å². The Morgan fingerprint density at radius 1 is 1.26 bits per heavy atom. The number of guanidine groups is 1. The van der Waals surface area contributed by atoms with Crippen molar-refractivity contribution in [2.24, 2.45) is 4.99 Å². The van der Waals surface area contributed by atoms with Gasteiger partial charge in [-0.1, -0.05) is 19.1 Å². The number of hydrogen-bond donors (Lipinski definition) is 3. The Balaban J connectivity index is 1.55. The molecule has 1 unspecified atom stereocenters. The molecule has 1 atom stereocenters. The Labute approximate surface area is 183 Å². The lowest BCUT2D eigenvalue weighted by molar-refractivity contribution is -0.116. The molecule has 1 aliphatic heterocycles. The van der Waals surface area contributed by atoms with E-state index in [9.17, 15) is 9.18 Å². The van der Waals surface area contributed by atoms with Gasteiger partial charge in [-0.25, -0.2) is 14.4 Å². The number of amides is 1. The van der Waals surface area contributed by atoms with Gasteiger partial charge >= 0.3 is 0 Å². The average Bonchev–Trinajstić information content (AvgIpc) is 3.22. The molecule has 1 amide bonds. The number of carbonyl (C=O) groups excluding carboxylic acids is 1. The second-order valence-electron chi connectivity index (χ2n) is 7.58. The normalized spacial score (nSPS) is 16.3. The van der Waals surface area contributed by atoms with Gasteiger partial charge in [0.2, 0.25) is 5.91 Å². The zero-order valence-electron chi connectivity index (χ0n) is 18.2. The van der Waals surface area contributed by atoms with Crippen LogP contribution < -0.4 is 20.9 Å². The minimum atomic E-state index is -0.293. The molecule has 166 valence electrons. The summed E-state index contributed by atoms with van der Waals surface area (Å²) in [6.07, 6.45) is 3.85. The van der Waals surface area contributed by atoms with Gasteiger partial charge in [-0.15, -0.1) is 0 Å². The summed E-state index contributed by atoms with van der Waals surface area (Å²) in [5, 5.41) is 9.61. The summed E-state index contributed by atoms with van der Waals surface area (Å²) in [5.74, 6) is 0.872. The van der Waals surface area contributed by atoms with E-state index < -0.39 is 0 Å². The van der Waals surface area contributed by atoms with Crippen LogP contribution >= 0.6 is 0 Å². The highest BCUT2D eigenvalue weighted by molar-refractivity contribution is 5.90. The number of halogens is 1. The van der Waals surface area contributed by atoms with Gasteiger partial charge in [0.05, 0.1) is 6.54 Å². The van der Waals surface area contributed by atoms with Crippen LogP contribution in [-0.4, -0.2) is 42.5 Å². The molecule has 1 aliphatic rings. The molecule has 8 heteroatoms. The molecule has 2 aromatic rings. The molecule has 2 heterocycles. The van der Waals surface area contributed by atoms with Crippen molar-refractivity contribution in [2.45, 2.75) is 45.7 Å². The van der Waals surface area contributed by atoms with Crippen molar-refractivity contribution in [1.29, 1.82) is 0 Å². The van der Waals surface area contributed by atoms with Crippen LogP contribution in [0.2, 0.25) is 0 Å². The van der Waals surface area contributed by atoms with Crippen LogP contribution in [0.5, 0.6) is 0 Å². The number of pyridine rings is 1. The Morgan fingerprint density at radius 3 is 2.77 bits per heavy atom. The quantitative estimate of drug-likeness (QED) is 0.446. The van der Waals surface area contributed by atoms with Gasteiger partial charge in [0, 0.05) is 44.0 Å². The maximum atomic E-state index is 14.0. The van der Waals surface area contributed by atoms with Gasteiger partial charge < -0.3 is 20.9 Å². The van der Waals surface area contributed by atoms with Gasteiger partial charge in [-0.05, 0) is 49.6 Å². The topological polar surface area (TPSA) is 81.6 Å².